The van der Waals surface area contributed by atoms with Crippen LogP contribution in [-0.2, 0) is 6.42 Å². The van der Waals surface area contributed by atoms with Crippen molar-refractivity contribution in [2.45, 2.75) is 65.0 Å². The number of piperidine rings is 1. The second kappa shape index (κ2) is 7.93. The molecule has 1 N–H and O–H groups in total. The van der Waals surface area contributed by atoms with Crippen LogP contribution in [0.5, 0.6) is 0 Å². The van der Waals surface area contributed by atoms with E-state index in [1.54, 1.807) is 0 Å². The van der Waals surface area contributed by atoms with Gasteiger partial charge >= 0.3 is 0 Å². The Morgan fingerprint density at radius 1 is 1.11 bits per heavy atom. The van der Waals surface area contributed by atoms with E-state index in [0.29, 0.717) is 12.1 Å². The maximum absolute atomic E-state index is 4.81. The number of nitrogens with zero attached hydrogens (tertiary/aromatic N) is 4. The summed E-state index contributed by atoms with van der Waals surface area (Å²) in [5.74, 6) is 2.76. The van der Waals surface area contributed by atoms with Gasteiger partial charge in [-0.15, -0.1) is 0 Å². The first-order chi connectivity index (χ1) is 13.1. The number of anilines is 1. The summed E-state index contributed by atoms with van der Waals surface area (Å²) in [6.45, 7) is 8.35. The summed E-state index contributed by atoms with van der Waals surface area (Å²) in [5.41, 5.74) is 3.59. The molecule has 0 amide bonds. The molecule has 0 bridgehead atoms. The Kier molecular flexibility index (Phi) is 5.39. The SMILES string of the molecule is CCc1cnc(C)nc1N1CCC(N[C@H](c2cccc(C)n2)C2CC2)CC1. The number of rotatable bonds is 6. The van der Waals surface area contributed by atoms with Gasteiger partial charge in [0.15, 0.2) is 0 Å². The maximum atomic E-state index is 4.81. The standard InChI is InChI=1S/C22H31N5/c1-4-17-14-23-16(3)25-22(17)27-12-10-19(11-13-27)26-21(18-8-9-18)20-7-5-6-15(2)24-20/h5-7,14,18-19,21,26H,4,8-13H2,1-3H3/t21-/m0/s1. The van der Waals surface area contributed by atoms with E-state index in [1.807, 2.05) is 13.1 Å². The molecule has 144 valence electrons. The first-order valence-corrected chi connectivity index (χ1v) is 10.4. The van der Waals surface area contributed by atoms with E-state index in [0.717, 1.165) is 55.6 Å². The van der Waals surface area contributed by atoms with Crippen LogP contribution in [-0.4, -0.2) is 34.1 Å². The summed E-state index contributed by atoms with van der Waals surface area (Å²) in [6, 6.07) is 7.38. The molecule has 0 unspecified atom stereocenters. The van der Waals surface area contributed by atoms with E-state index in [4.69, 9.17) is 9.97 Å². The van der Waals surface area contributed by atoms with Crippen LogP contribution in [0.2, 0.25) is 0 Å². The molecule has 1 saturated carbocycles. The molecule has 27 heavy (non-hydrogen) atoms. The van der Waals surface area contributed by atoms with Gasteiger partial charge in [-0.1, -0.05) is 13.0 Å². The number of nitrogens with one attached hydrogen (secondary N) is 1. The first-order valence-electron chi connectivity index (χ1n) is 10.4. The van der Waals surface area contributed by atoms with Crippen LogP contribution in [0.3, 0.4) is 0 Å². The van der Waals surface area contributed by atoms with Crippen LogP contribution in [0.15, 0.2) is 24.4 Å². The second-order valence-corrected chi connectivity index (χ2v) is 8.07. The fourth-order valence-corrected chi connectivity index (χ4v) is 4.15. The van der Waals surface area contributed by atoms with Gasteiger partial charge in [0, 0.05) is 36.6 Å². The zero-order valence-electron chi connectivity index (χ0n) is 16.8. The highest BCUT2D eigenvalue weighted by Crippen LogP contribution is 2.41. The zero-order valence-corrected chi connectivity index (χ0v) is 16.8. The normalized spacial score (nSPS) is 19.3. The lowest BCUT2D eigenvalue weighted by molar-refractivity contribution is 0.344. The minimum Gasteiger partial charge on any atom is -0.356 e. The number of aryl methyl sites for hydroxylation is 3. The second-order valence-electron chi connectivity index (χ2n) is 8.07. The van der Waals surface area contributed by atoms with E-state index in [9.17, 15) is 0 Å². The van der Waals surface area contributed by atoms with Crippen molar-refractivity contribution in [2.75, 3.05) is 18.0 Å². The Morgan fingerprint density at radius 2 is 1.89 bits per heavy atom. The van der Waals surface area contributed by atoms with Gasteiger partial charge in [-0.05, 0) is 64.0 Å². The highest BCUT2D eigenvalue weighted by atomic mass is 15.2. The van der Waals surface area contributed by atoms with Crippen LogP contribution in [0, 0.1) is 19.8 Å². The van der Waals surface area contributed by atoms with Gasteiger partial charge in [-0.25, -0.2) is 9.97 Å². The lowest BCUT2D eigenvalue weighted by Crippen LogP contribution is -2.45. The summed E-state index contributed by atoms with van der Waals surface area (Å²) in [7, 11) is 0. The molecule has 2 aromatic rings. The Bertz CT molecular complexity index is 778. The van der Waals surface area contributed by atoms with Gasteiger partial charge in [0.1, 0.15) is 11.6 Å². The van der Waals surface area contributed by atoms with E-state index < -0.39 is 0 Å². The molecular weight excluding hydrogens is 334 g/mol. The quantitative estimate of drug-likeness (QED) is 0.845. The lowest BCUT2D eigenvalue weighted by Gasteiger charge is -2.36. The van der Waals surface area contributed by atoms with Crippen molar-refractivity contribution in [3.05, 3.63) is 47.2 Å². The number of hydrogen-bond acceptors (Lipinski definition) is 5. The van der Waals surface area contributed by atoms with Crippen molar-refractivity contribution >= 4 is 5.82 Å². The highest BCUT2D eigenvalue weighted by molar-refractivity contribution is 5.46. The predicted octanol–water partition coefficient (Wildman–Crippen LogP) is 3.76. The van der Waals surface area contributed by atoms with Gasteiger partial charge in [0.25, 0.3) is 0 Å². The Balaban J connectivity index is 1.41. The minimum atomic E-state index is 0.411. The molecule has 1 aliphatic carbocycles. The van der Waals surface area contributed by atoms with Crippen molar-refractivity contribution in [1.82, 2.24) is 20.3 Å². The van der Waals surface area contributed by atoms with Crippen LogP contribution >= 0.6 is 0 Å². The summed E-state index contributed by atoms with van der Waals surface area (Å²) in [5, 5.41) is 3.95. The Morgan fingerprint density at radius 3 is 2.56 bits per heavy atom. The smallest absolute Gasteiger partial charge is 0.135 e. The summed E-state index contributed by atoms with van der Waals surface area (Å²) in [6.07, 6.45) is 7.94. The summed E-state index contributed by atoms with van der Waals surface area (Å²) < 4.78 is 0. The van der Waals surface area contributed by atoms with Crippen molar-refractivity contribution in [2.24, 2.45) is 5.92 Å². The van der Waals surface area contributed by atoms with E-state index >= 15 is 0 Å². The third kappa shape index (κ3) is 4.29. The van der Waals surface area contributed by atoms with Gasteiger partial charge in [0.2, 0.25) is 0 Å². The largest absolute Gasteiger partial charge is 0.356 e. The summed E-state index contributed by atoms with van der Waals surface area (Å²) >= 11 is 0. The highest BCUT2D eigenvalue weighted by Gasteiger charge is 2.35. The fraction of sp³-hybridized carbons (Fsp3) is 0.591. The van der Waals surface area contributed by atoms with Gasteiger partial charge < -0.3 is 10.2 Å². The number of aromatic nitrogens is 3. The molecule has 0 radical (unpaired) electrons. The van der Waals surface area contributed by atoms with Crippen molar-refractivity contribution < 1.29 is 0 Å². The molecule has 2 fully saturated rings. The molecular formula is C22H31N5. The van der Waals surface area contributed by atoms with Crippen LogP contribution in [0.25, 0.3) is 0 Å². The molecule has 1 atom stereocenters. The number of hydrogen-bond donors (Lipinski definition) is 1. The zero-order chi connectivity index (χ0) is 18.8. The van der Waals surface area contributed by atoms with E-state index in [1.165, 1.54) is 24.1 Å². The Hall–Kier alpha value is -2.01. The molecule has 4 rings (SSSR count). The molecule has 5 nitrogen and oxygen atoms in total. The molecule has 2 aliphatic rings. The van der Waals surface area contributed by atoms with Gasteiger partial charge in [-0.3, -0.25) is 4.98 Å². The molecule has 3 heterocycles. The van der Waals surface area contributed by atoms with Crippen molar-refractivity contribution in [1.29, 1.82) is 0 Å². The predicted molar refractivity (Wildman–Crippen MR) is 109 cm³/mol. The van der Waals surface area contributed by atoms with E-state index in [2.05, 4.69) is 47.2 Å². The molecule has 1 saturated heterocycles. The first kappa shape index (κ1) is 18.4. The van der Waals surface area contributed by atoms with Crippen LogP contribution in [0.4, 0.5) is 5.82 Å². The fourth-order valence-electron chi connectivity index (χ4n) is 4.15. The third-order valence-electron chi connectivity index (χ3n) is 5.87. The molecule has 2 aromatic heterocycles. The van der Waals surface area contributed by atoms with Gasteiger partial charge in [0.05, 0.1) is 11.7 Å². The molecule has 1 aliphatic heterocycles. The molecule has 0 spiro atoms. The monoisotopic (exact) mass is 365 g/mol. The molecule has 0 aromatic carbocycles. The van der Waals surface area contributed by atoms with E-state index in [-0.39, 0.29) is 0 Å². The minimum absolute atomic E-state index is 0.411. The average molecular weight is 366 g/mol. The average Bonchev–Trinajstić information content (AvgIpc) is 3.51. The summed E-state index contributed by atoms with van der Waals surface area (Å²) in [4.78, 5) is 16.4. The lowest BCUT2D eigenvalue weighted by atomic mass is 10.00. The number of pyridine rings is 1. The third-order valence-corrected chi connectivity index (χ3v) is 5.87. The van der Waals surface area contributed by atoms with Crippen molar-refractivity contribution in [3.63, 3.8) is 0 Å². The van der Waals surface area contributed by atoms with Crippen LogP contribution in [0.1, 0.15) is 61.4 Å². The Labute approximate surface area is 162 Å². The molecule has 5 heteroatoms. The van der Waals surface area contributed by atoms with Crippen LogP contribution < -0.4 is 10.2 Å². The topological polar surface area (TPSA) is 53.9 Å². The van der Waals surface area contributed by atoms with Gasteiger partial charge in [-0.2, -0.15) is 0 Å². The maximum Gasteiger partial charge on any atom is 0.135 e. The van der Waals surface area contributed by atoms with Crippen molar-refractivity contribution in [3.8, 4) is 0 Å².